The first kappa shape index (κ1) is 17.7. The van der Waals surface area contributed by atoms with Crippen LogP contribution >= 0.6 is 22.9 Å². The monoisotopic (exact) mass is 384 g/mol. The Bertz CT molecular complexity index is 939. The van der Waals surface area contributed by atoms with Gasteiger partial charge >= 0.3 is 6.18 Å². The normalized spacial score (nSPS) is 11.7. The van der Waals surface area contributed by atoms with Gasteiger partial charge in [0.1, 0.15) is 0 Å². The van der Waals surface area contributed by atoms with Gasteiger partial charge in [-0.2, -0.15) is 13.2 Å². The van der Waals surface area contributed by atoms with Crippen molar-refractivity contribution in [3.63, 3.8) is 0 Å². The standard InChI is InChI=1S/C17H12ClF3N2OS/c1-2-23(16-22-13-9-12(18)6-7-14(13)25-16)15(24)10-4-3-5-11(8-10)17(19,20)21/h3-9H,2H2,1H3. The van der Waals surface area contributed by atoms with E-state index in [1.807, 2.05) is 0 Å². The smallest absolute Gasteiger partial charge is 0.284 e. The molecule has 0 radical (unpaired) electrons. The van der Waals surface area contributed by atoms with Crippen molar-refractivity contribution in [1.29, 1.82) is 0 Å². The van der Waals surface area contributed by atoms with E-state index in [2.05, 4.69) is 4.98 Å². The van der Waals surface area contributed by atoms with Crippen molar-refractivity contribution in [2.75, 3.05) is 11.4 Å². The fraction of sp³-hybridized carbons (Fsp3) is 0.176. The van der Waals surface area contributed by atoms with Crippen LogP contribution in [0.2, 0.25) is 5.02 Å². The third-order valence-corrected chi connectivity index (χ3v) is 4.86. The van der Waals surface area contributed by atoms with E-state index < -0.39 is 17.6 Å². The summed E-state index contributed by atoms with van der Waals surface area (Å²) in [5.41, 5.74) is -0.248. The second-order valence-corrected chi connectivity index (χ2v) is 6.68. The number of rotatable bonds is 3. The summed E-state index contributed by atoms with van der Waals surface area (Å²) >= 11 is 7.22. The minimum atomic E-state index is -4.50. The van der Waals surface area contributed by atoms with Gasteiger partial charge < -0.3 is 0 Å². The highest BCUT2D eigenvalue weighted by Gasteiger charge is 2.31. The van der Waals surface area contributed by atoms with Gasteiger partial charge in [0, 0.05) is 17.1 Å². The van der Waals surface area contributed by atoms with Gasteiger partial charge in [0.2, 0.25) is 0 Å². The number of aromatic nitrogens is 1. The van der Waals surface area contributed by atoms with Gasteiger partial charge in [-0.05, 0) is 43.3 Å². The SMILES string of the molecule is CCN(C(=O)c1cccc(C(F)(F)F)c1)c1nc2cc(Cl)ccc2s1. The summed E-state index contributed by atoms with van der Waals surface area (Å²) in [6, 6.07) is 9.58. The molecule has 0 aliphatic rings. The quantitative estimate of drug-likeness (QED) is 0.586. The number of benzene rings is 2. The summed E-state index contributed by atoms with van der Waals surface area (Å²) in [6.07, 6.45) is -4.50. The summed E-state index contributed by atoms with van der Waals surface area (Å²) < 4.78 is 39.4. The number of halogens is 4. The van der Waals surface area contributed by atoms with Gasteiger partial charge in [0.15, 0.2) is 5.13 Å². The topological polar surface area (TPSA) is 33.2 Å². The number of fused-ring (bicyclic) bond motifs is 1. The number of hydrogen-bond acceptors (Lipinski definition) is 3. The lowest BCUT2D eigenvalue weighted by atomic mass is 10.1. The summed E-state index contributed by atoms with van der Waals surface area (Å²) in [7, 11) is 0. The first-order valence-electron chi connectivity index (χ1n) is 7.35. The Kier molecular flexibility index (Phi) is 4.71. The molecule has 3 rings (SSSR count). The molecule has 1 heterocycles. The lowest BCUT2D eigenvalue weighted by Crippen LogP contribution is -2.30. The Morgan fingerprint density at radius 3 is 2.68 bits per heavy atom. The molecule has 0 fully saturated rings. The van der Waals surface area contributed by atoms with E-state index in [4.69, 9.17) is 11.6 Å². The Morgan fingerprint density at radius 2 is 2.00 bits per heavy atom. The maximum Gasteiger partial charge on any atom is 0.416 e. The second kappa shape index (κ2) is 6.65. The first-order chi connectivity index (χ1) is 11.8. The van der Waals surface area contributed by atoms with Crippen LogP contribution in [0.5, 0.6) is 0 Å². The summed E-state index contributed by atoms with van der Waals surface area (Å²) in [5.74, 6) is -0.529. The number of amides is 1. The molecule has 0 saturated heterocycles. The van der Waals surface area contributed by atoms with Crippen LogP contribution < -0.4 is 4.90 Å². The number of nitrogens with zero attached hydrogens (tertiary/aromatic N) is 2. The van der Waals surface area contributed by atoms with Crippen LogP contribution in [0.25, 0.3) is 10.2 Å². The minimum absolute atomic E-state index is 0.0334. The van der Waals surface area contributed by atoms with Gasteiger partial charge in [-0.15, -0.1) is 0 Å². The van der Waals surface area contributed by atoms with E-state index in [9.17, 15) is 18.0 Å². The van der Waals surface area contributed by atoms with Crippen molar-refractivity contribution in [1.82, 2.24) is 4.98 Å². The van der Waals surface area contributed by atoms with Gasteiger partial charge in [-0.1, -0.05) is 29.0 Å². The van der Waals surface area contributed by atoms with Crippen molar-refractivity contribution in [3.05, 3.63) is 58.6 Å². The van der Waals surface area contributed by atoms with Crippen LogP contribution in [-0.4, -0.2) is 17.4 Å². The van der Waals surface area contributed by atoms with Gasteiger partial charge in [-0.3, -0.25) is 9.69 Å². The number of carbonyl (C=O) groups excluding carboxylic acids is 1. The highest BCUT2D eigenvalue weighted by atomic mass is 35.5. The fourth-order valence-corrected chi connectivity index (χ4v) is 3.53. The molecule has 0 N–H and O–H groups in total. The molecule has 0 atom stereocenters. The molecular weight excluding hydrogens is 373 g/mol. The maximum atomic E-state index is 12.9. The Balaban J connectivity index is 1.98. The molecule has 25 heavy (non-hydrogen) atoms. The zero-order valence-electron chi connectivity index (χ0n) is 13.0. The number of alkyl halides is 3. The van der Waals surface area contributed by atoms with Gasteiger partial charge in [0.25, 0.3) is 5.91 Å². The molecular formula is C17H12ClF3N2OS. The summed E-state index contributed by atoms with van der Waals surface area (Å²) in [4.78, 5) is 18.4. The van der Waals surface area contributed by atoms with Crippen LogP contribution in [0.1, 0.15) is 22.8 Å². The van der Waals surface area contributed by atoms with Crippen molar-refractivity contribution in [3.8, 4) is 0 Å². The molecule has 1 amide bonds. The lowest BCUT2D eigenvalue weighted by molar-refractivity contribution is -0.137. The van der Waals surface area contributed by atoms with Crippen LogP contribution in [0, 0.1) is 0 Å². The molecule has 0 aliphatic heterocycles. The highest BCUT2D eigenvalue weighted by molar-refractivity contribution is 7.22. The van der Waals surface area contributed by atoms with E-state index >= 15 is 0 Å². The molecule has 0 saturated carbocycles. The third-order valence-electron chi connectivity index (χ3n) is 3.57. The highest BCUT2D eigenvalue weighted by Crippen LogP contribution is 2.33. The van der Waals surface area contributed by atoms with E-state index in [0.29, 0.717) is 15.7 Å². The van der Waals surface area contributed by atoms with Crippen molar-refractivity contribution >= 4 is 44.2 Å². The molecule has 2 aromatic carbocycles. The zero-order valence-corrected chi connectivity index (χ0v) is 14.5. The van der Waals surface area contributed by atoms with Crippen LogP contribution in [-0.2, 0) is 6.18 Å². The number of hydrogen-bond donors (Lipinski definition) is 0. The molecule has 130 valence electrons. The van der Waals surface area contributed by atoms with E-state index in [0.717, 1.165) is 16.8 Å². The Hall–Kier alpha value is -2.12. The molecule has 3 nitrogen and oxygen atoms in total. The second-order valence-electron chi connectivity index (χ2n) is 5.24. The molecule has 0 bridgehead atoms. The van der Waals surface area contributed by atoms with Crippen LogP contribution in [0.4, 0.5) is 18.3 Å². The van der Waals surface area contributed by atoms with Crippen molar-refractivity contribution in [2.24, 2.45) is 0 Å². The third kappa shape index (κ3) is 3.62. The zero-order chi connectivity index (χ0) is 18.2. The molecule has 0 spiro atoms. The molecule has 0 unspecified atom stereocenters. The molecule has 0 aliphatic carbocycles. The number of anilines is 1. The average Bonchev–Trinajstić information content (AvgIpc) is 2.97. The Morgan fingerprint density at radius 1 is 1.24 bits per heavy atom. The molecule has 1 aromatic heterocycles. The predicted molar refractivity (Wildman–Crippen MR) is 93.4 cm³/mol. The number of thiazole rings is 1. The van der Waals surface area contributed by atoms with E-state index in [-0.39, 0.29) is 12.1 Å². The van der Waals surface area contributed by atoms with Gasteiger partial charge in [0.05, 0.1) is 15.8 Å². The van der Waals surface area contributed by atoms with E-state index in [1.165, 1.54) is 28.4 Å². The van der Waals surface area contributed by atoms with Gasteiger partial charge in [-0.25, -0.2) is 4.98 Å². The van der Waals surface area contributed by atoms with Crippen molar-refractivity contribution < 1.29 is 18.0 Å². The minimum Gasteiger partial charge on any atom is -0.284 e. The first-order valence-corrected chi connectivity index (χ1v) is 8.54. The largest absolute Gasteiger partial charge is 0.416 e. The lowest BCUT2D eigenvalue weighted by Gasteiger charge is -2.18. The summed E-state index contributed by atoms with van der Waals surface area (Å²) in [5, 5.41) is 0.943. The fourth-order valence-electron chi connectivity index (χ4n) is 2.35. The van der Waals surface area contributed by atoms with E-state index in [1.54, 1.807) is 25.1 Å². The van der Waals surface area contributed by atoms with Crippen LogP contribution in [0.3, 0.4) is 0 Å². The molecule has 8 heteroatoms. The summed E-state index contributed by atoms with van der Waals surface area (Å²) in [6.45, 7) is 2.02. The Labute approximate surface area is 150 Å². The van der Waals surface area contributed by atoms with Crippen LogP contribution in [0.15, 0.2) is 42.5 Å². The predicted octanol–water partition coefficient (Wildman–Crippen LogP) is 5.64. The van der Waals surface area contributed by atoms with Crippen molar-refractivity contribution in [2.45, 2.75) is 13.1 Å². The number of carbonyl (C=O) groups is 1. The average molecular weight is 385 g/mol. The molecule has 3 aromatic rings. The maximum absolute atomic E-state index is 12.9.